The maximum atomic E-state index is 14.2. The second-order valence-corrected chi connectivity index (χ2v) is 7.54. The average Bonchev–Trinajstić information content (AvgIpc) is 2.77. The van der Waals surface area contributed by atoms with Crippen LogP contribution in [0.2, 0.25) is 5.02 Å². The van der Waals surface area contributed by atoms with Gasteiger partial charge in [0, 0.05) is 22.7 Å². The van der Waals surface area contributed by atoms with Crippen molar-refractivity contribution in [1.82, 2.24) is 4.72 Å². The van der Waals surface area contributed by atoms with Crippen LogP contribution in [0, 0.1) is 5.82 Å². The third-order valence-electron chi connectivity index (χ3n) is 3.68. The molecule has 3 N–H and O–H groups in total. The van der Waals surface area contributed by atoms with Crippen molar-refractivity contribution in [3.05, 3.63) is 28.5 Å². The molecule has 1 saturated carbocycles. The van der Waals surface area contributed by atoms with E-state index in [0.717, 1.165) is 31.7 Å². The zero-order chi connectivity index (χ0) is 15.0. The van der Waals surface area contributed by atoms with Crippen LogP contribution in [0.5, 0.6) is 0 Å². The van der Waals surface area contributed by atoms with Gasteiger partial charge < -0.3 is 5.73 Å². The maximum Gasteiger partial charge on any atom is 0.244 e. The van der Waals surface area contributed by atoms with Crippen LogP contribution in [0.15, 0.2) is 17.0 Å². The molecule has 0 aliphatic heterocycles. The molecule has 0 spiro atoms. The third-order valence-corrected chi connectivity index (χ3v) is 5.53. The summed E-state index contributed by atoms with van der Waals surface area (Å²) < 4.78 is 41.6. The van der Waals surface area contributed by atoms with Crippen LogP contribution in [0.1, 0.15) is 38.2 Å². The Balaban J connectivity index is 2.41. The van der Waals surface area contributed by atoms with Gasteiger partial charge in [0.2, 0.25) is 10.0 Å². The summed E-state index contributed by atoms with van der Waals surface area (Å²) in [5.74, 6) is -0.828. The highest BCUT2D eigenvalue weighted by Gasteiger charge is 2.35. The summed E-state index contributed by atoms with van der Waals surface area (Å²) >= 11 is 5.84. The number of nitrogens with two attached hydrogens (primary N) is 1. The first-order valence-corrected chi connectivity index (χ1v) is 8.35. The predicted molar refractivity (Wildman–Crippen MR) is 76.5 cm³/mol. The zero-order valence-corrected chi connectivity index (χ0v) is 12.8. The largest absolute Gasteiger partial charge is 0.326 e. The Bertz CT molecular complexity index is 613. The lowest BCUT2D eigenvalue weighted by atomic mass is 10.0. The molecule has 2 rings (SSSR count). The number of sulfonamides is 1. The molecule has 20 heavy (non-hydrogen) atoms. The van der Waals surface area contributed by atoms with Crippen LogP contribution in [0.4, 0.5) is 4.39 Å². The van der Waals surface area contributed by atoms with Crippen molar-refractivity contribution in [2.75, 3.05) is 0 Å². The normalized spacial score (nSPS) is 18.4. The van der Waals surface area contributed by atoms with Crippen LogP contribution in [-0.2, 0) is 16.6 Å². The van der Waals surface area contributed by atoms with Gasteiger partial charge in [-0.1, -0.05) is 24.4 Å². The van der Waals surface area contributed by atoms with E-state index in [2.05, 4.69) is 4.72 Å². The van der Waals surface area contributed by atoms with Gasteiger partial charge in [0.15, 0.2) is 0 Å². The fourth-order valence-electron chi connectivity index (χ4n) is 2.60. The monoisotopic (exact) mass is 320 g/mol. The van der Waals surface area contributed by atoms with E-state index in [9.17, 15) is 12.8 Å². The first kappa shape index (κ1) is 15.7. The Hall–Kier alpha value is -0.690. The Morgan fingerprint density at radius 1 is 1.40 bits per heavy atom. The summed E-state index contributed by atoms with van der Waals surface area (Å²) in [5, 5.41) is 0.156. The SMILES string of the molecule is CC1(NS(=O)(=O)c2cc(Cl)cc(CN)c2F)CCCC1. The molecule has 1 aliphatic carbocycles. The van der Waals surface area contributed by atoms with Crippen LogP contribution < -0.4 is 10.5 Å². The molecule has 0 heterocycles. The minimum atomic E-state index is -3.95. The molecular weight excluding hydrogens is 303 g/mol. The lowest BCUT2D eigenvalue weighted by Gasteiger charge is -2.25. The number of rotatable bonds is 4. The van der Waals surface area contributed by atoms with Crippen molar-refractivity contribution in [2.24, 2.45) is 5.73 Å². The summed E-state index contributed by atoms with van der Waals surface area (Å²) in [6.07, 6.45) is 3.42. The molecule has 0 unspecified atom stereocenters. The minimum Gasteiger partial charge on any atom is -0.326 e. The smallest absolute Gasteiger partial charge is 0.244 e. The van der Waals surface area contributed by atoms with Crippen molar-refractivity contribution in [3.63, 3.8) is 0 Å². The Kier molecular flexibility index (Phi) is 4.39. The fraction of sp³-hybridized carbons (Fsp3) is 0.538. The van der Waals surface area contributed by atoms with Gasteiger partial charge in [-0.3, -0.25) is 0 Å². The third kappa shape index (κ3) is 3.14. The average molecular weight is 321 g/mol. The fourth-order valence-corrected chi connectivity index (χ4v) is 4.52. The first-order valence-electron chi connectivity index (χ1n) is 6.49. The van der Waals surface area contributed by atoms with Crippen LogP contribution in [-0.4, -0.2) is 14.0 Å². The van der Waals surface area contributed by atoms with E-state index in [1.807, 2.05) is 6.92 Å². The minimum absolute atomic E-state index is 0.0921. The van der Waals surface area contributed by atoms with Gasteiger partial charge in [-0.25, -0.2) is 17.5 Å². The quantitative estimate of drug-likeness (QED) is 0.895. The van der Waals surface area contributed by atoms with Gasteiger partial charge in [0.1, 0.15) is 10.7 Å². The van der Waals surface area contributed by atoms with E-state index in [4.69, 9.17) is 17.3 Å². The summed E-state index contributed by atoms with van der Waals surface area (Å²) in [6.45, 7) is 1.73. The van der Waals surface area contributed by atoms with Crippen molar-refractivity contribution in [2.45, 2.75) is 49.6 Å². The van der Waals surface area contributed by atoms with Crippen LogP contribution >= 0.6 is 11.6 Å². The van der Waals surface area contributed by atoms with Gasteiger partial charge in [-0.15, -0.1) is 0 Å². The van der Waals surface area contributed by atoms with Crippen LogP contribution in [0.3, 0.4) is 0 Å². The van der Waals surface area contributed by atoms with Crippen molar-refractivity contribution < 1.29 is 12.8 Å². The lowest BCUT2D eigenvalue weighted by Crippen LogP contribution is -2.43. The molecule has 0 amide bonds. The second-order valence-electron chi connectivity index (χ2n) is 5.45. The summed E-state index contributed by atoms with van der Waals surface area (Å²) in [4.78, 5) is -0.432. The van der Waals surface area contributed by atoms with E-state index in [0.29, 0.717) is 0 Å². The molecule has 0 aromatic heterocycles. The van der Waals surface area contributed by atoms with Gasteiger partial charge in [-0.05, 0) is 31.9 Å². The predicted octanol–water partition coefficient (Wildman–Crippen LogP) is 2.55. The Labute approximate surface area is 123 Å². The molecule has 0 radical (unpaired) electrons. The van der Waals surface area contributed by atoms with Crippen molar-refractivity contribution >= 4 is 21.6 Å². The van der Waals surface area contributed by atoms with Crippen LogP contribution in [0.25, 0.3) is 0 Å². The lowest BCUT2D eigenvalue weighted by molar-refractivity contribution is 0.425. The molecule has 0 saturated heterocycles. The van der Waals surface area contributed by atoms with Gasteiger partial charge in [-0.2, -0.15) is 0 Å². The van der Waals surface area contributed by atoms with E-state index >= 15 is 0 Å². The van der Waals surface area contributed by atoms with E-state index in [1.165, 1.54) is 6.07 Å². The zero-order valence-electron chi connectivity index (χ0n) is 11.2. The van der Waals surface area contributed by atoms with Crippen molar-refractivity contribution in [1.29, 1.82) is 0 Å². The molecule has 112 valence electrons. The number of nitrogens with one attached hydrogen (secondary N) is 1. The highest BCUT2D eigenvalue weighted by molar-refractivity contribution is 7.89. The van der Waals surface area contributed by atoms with E-state index < -0.39 is 26.3 Å². The molecule has 1 aromatic carbocycles. The standard InChI is InChI=1S/C13H18ClFN2O2S/c1-13(4-2-3-5-13)17-20(18,19)11-7-10(14)6-9(8-16)12(11)15/h6-7,17H,2-5,8,16H2,1H3. The summed E-state index contributed by atoms with van der Waals surface area (Å²) in [5.41, 5.74) is 4.98. The van der Waals surface area contributed by atoms with Gasteiger partial charge in [0.05, 0.1) is 0 Å². The molecule has 7 heteroatoms. The highest BCUT2D eigenvalue weighted by atomic mass is 35.5. The highest BCUT2D eigenvalue weighted by Crippen LogP contribution is 2.32. The maximum absolute atomic E-state index is 14.2. The topological polar surface area (TPSA) is 72.2 Å². The Morgan fingerprint density at radius 2 is 2.00 bits per heavy atom. The number of halogens is 2. The molecule has 1 aliphatic rings. The molecule has 0 bridgehead atoms. The second kappa shape index (κ2) is 5.60. The van der Waals surface area contributed by atoms with Gasteiger partial charge >= 0.3 is 0 Å². The van der Waals surface area contributed by atoms with E-state index in [1.54, 1.807) is 0 Å². The molecule has 1 fully saturated rings. The molecule has 4 nitrogen and oxygen atoms in total. The Morgan fingerprint density at radius 3 is 2.55 bits per heavy atom. The molecular formula is C13H18ClFN2O2S. The summed E-state index contributed by atoms with van der Waals surface area (Å²) in [7, 11) is -3.95. The number of hydrogen-bond donors (Lipinski definition) is 2. The van der Waals surface area contributed by atoms with Crippen molar-refractivity contribution in [3.8, 4) is 0 Å². The van der Waals surface area contributed by atoms with E-state index in [-0.39, 0.29) is 17.1 Å². The number of benzene rings is 1. The first-order chi connectivity index (χ1) is 9.27. The van der Waals surface area contributed by atoms with Gasteiger partial charge in [0.25, 0.3) is 0 Å². The molecule has 0 atom stereocenters. The number of hydrogen-bond acceptors (Lipinski definition) is 3. The summed E-state index contributed by atoms with van der Waals surface area (Å²) in [6, 6.07) is 2.46. The molecule has 1 aromatic rings.